The Morgan fingerprint density at radius 3 is 2.62 bits per heavy atom. The summed E-state index contributed by atoms with van der Waals surface area (Å²) >= 11 is 6.26. The highest BCUT2D eigenvalue weighted by atomic mass is 35.5. The first-order valence-electron chi connectivity index (χ1n) is 10.6. The lowest BCUT2D eigenvalue weighted by atomic mass is 9.84. The lowest BCUT2D eigenvalue weighted by Crippen LogP contribution is -2.27. The Balaban J connectivity index is 1.84. The minimum atomic E-state index is -3.47. The molecule has 1 aromatic heterocycles. The highest BCUT2D eigenvalue weighted by molar-refractivity contribution is 7.90. The van der Waals surface area contributed by atoms with Crippen molar-refractivity contribution in [1.29, 1.82) is 0 Å². The summed E-state index contributed by atoms with van der Waals surface area (Å²) in [6.45, 7) is 4.97. The van der Waals surface area contributed by atoms with Gasteiger partial charge in [-0.1, -0.05) is 17.7 Å². The number of rotatable bonds is 8. The molecule has 1 saturated heterocycles. The second kappa shape index (κ2) is 9.91. The van der Waals surface area contributed by atoms with Gasteiger partial charge in [-0.15, -0.1) is 0 Å². The van der Waals surface area contributed by atoms with Crippen molar-refractivity contribution in [2.45, 2.75) is 56.1 Å². The van der Waals surface area contributed by atoms with Crippen LogP contribution in [0.3, 0.4) is 0 Å². The number of amides is 1. The van der Waals surface area contributed by atoms with Crippen LogP contribution in [0.5, 0.6) is 0 Å². The van der Waals surface area contributed by atoms with E-state index < -0.39 is 21.4 Å². The van der Waals surface area contributed by atoms with Gasteiger partial charge in [-0.05, 0) is 56.7 Å². The Morgan fingerprint density at radius 2 is 2.03 bits per heavy atom. The van der Waals surface area contributed by atoms with Crippen molar-refractivity contribution in [3.05, 3.63) is 41.0 Å². The maximum absolute atomic E-state index is 13.3. The molecule has 0 aliphatic carbocycles. The molecule has 2 aromatic rings. The Kier molecular flexibility index (Phi) is 7.65. The minimum Gasteiger partial charge on any atom is -0.389 e. The molecule has 0 spiro atoms. The van der Waals surface area contributed by atoms with E-state index in [0.29, 0.717) is 36.9 Å². The maximum atomic E-state index is 13.3. The number of nitrogens with one attached hydrogen (secondary N) is 1. The number of aliphatic hydroxyl groups is 1. The lowest BCUT2D eigenvalue weighted by Gasteiger charge is -2.26. The van der Waals surface area contributed by atoms with E-state index in [0.717, 1.165) is 19.1 Å². The molecule has 1 aromatic carbocycles. The van der Waals surface area contributed by atoms with E-state index >= 15 is 0 Å². The van der Waals surface area contributed by atoms with Crippen molar-refractivity contribution < 1.29 is 23.1 Å². The molecule has 8 nitrogen and oxygen atoms in total. The Bertz CT molecular complexity index is 1060. The number of sulfone groups is 1. The third-order valence-corrected chi connectivity index (χ3v) is 7.00. The van der Waals surface area contributed by atoms with Crippen LogP contribution in [0.2, 0.25) is 5.02 Å². The fourth-order valence-electron chi connectivity index (χ4n) is 3.87. The summed E-state index contributed by atoms with van der Waals surface area (Å²) in [5.74, 6) is -0.0764. The van der Waals surface area contributed by atoms with Gasteiger partial charge in [0.25, 0.3) is 0 Å². The van der Waals surface area contributed by atoms with E-state index in [1.165, 1.54) is 6.07 Å². The van der Waals surface area contributed by atoms with Gasteiger partial charge in [0.05, 0.1) is 28.0 Å². The zero-order chi connectivity index (χ0) is 23.5. The smallest absolute Gasteiger partial charge is 0.233 e. The van der Waals surface area contributed by atoms with Crippen LogP contribution in [0.15, 0.2) is 35.4 Å². The van der Waals surface area contributed by atoms with Gasteiger partial charge in [0.1, 0.15) is 0 Å². The number of carbonyl (C=O) groups excluding carboxylic acids is 1. The first-order chi connectivity index (χ1) is 14.9. The first-order valence-corrected chi connectivity index (χ1v) is 12.8. The highest BCUT2D eigenvalue weighted by Gasteiger charge is 2.28. The number of hydrogen-bond donors (Lipinski definition) is 2. The number of ether oxygens (including phenoxy) is 1. The molecule has 1 aliphatic heterocycles. The van der Waals surface area contributed by atoms with Gasteiger partial charge in [0, 0.05) is 31.7 Å². The largest absolute Gasteiger partial charge is 0.389 e. The second-order valence-electron chi connectivity index (χ2n) is 9.01. The number of carbonyl (C=O) groups is 1. The van der Waals surface area contributed by atoms with Gasteiger partial charge in [0.2, 0.25) is 5.91 Å². The molecule has 176 valence electrons. The molecule has 32 heavy (non-hydrogen) atoms. The normalized spacial score (nSPS) is 16.7. The molecule has 0 saturated carbocycles. The number of benzene rings is 1. The topological polar surface area (TPSA) is 111 Å². The van der Waals surface area contributed by atoms with Gasteiger partial charge < -0.3 is 15.2 Å². The summed E-state index contributed by atoms with van der Waals surface area (Å²) in [5, 5.41) is 17.3. The van der Waals surface area contributed by atoms with Crippen LogP contribution < -0.4 is 5.32 Å². The summed E-state index contributed by atoms with van der Waals surface area (Å²) in [7, 11) is -3.47. The molecule has 2 heterocycles. The third-order valence-electron chi connectivity index (χ3n) is 5.43. The summed E-state index contributed by atoms with van der Waals surface area (Å²) in [6.07, 6.45) is 5.11. The molecule has 1 aliphatic rings. The molecule has 1 amide bonds. The molecular weight excluding hydrogens is 454 g/mol. The zero-order valence-corrected chi connectivity index (χ0v) is 20.1. The van der Waals surface area contributed by atoms with Crippen molar-refractivity contribution in [1.82, 2.24) is 9.78 Å². The van der Waals surface area contributed by atoms with E-state index in [-0.39, 0.29) is 22.4 Å². The average Bonchev–Trinajstić information content (AvgIpc) is 3.10. The maximum Gasteiger partial charge on any atom is 0.233 e. The number of anilines is 1. The molecule has 0 bridgehead atoms. The van der Waals surface area contributed by atoms with Crippen molar-refractivity contribution in [3.63, 3.8) is 0 Å². The van der Waals surface area contributed by atoms with Crippen molar-refractivity contribution in [2.75, 3.05) is 24.8 Å². The fourth-order valence-corrected chi connectivity index (χ4v) is 5.21. The van der Waals surface area contributed by atoms with Crippen LogP contribution in [-0.2, 0) is 25.9 Å². The van der Waals surface area contributed by atoms with Gasteiger partial charge in [-0.3, -0.25) is 9.48 Å². The van der Waals surface area contributed by atoms with E-state index in [4.69, 9.17) is 16.3 Å². The number of aromatic nitrogens is 2. The molecule has 1 fully saturated rings. The monoisotopic (exact) mass is 483 g/mol. The quantitative estimate of drug-likeness (QED) is 0.596. The van der Waals surface area contributed by atoms with Crippen LogP contribution in [-0.4, -0.2) is 54.3 Å². The Labute approximate surface area is 193 Å². The standard InChI is InChI=1S/C22H30ClN3O5S/c1-22(2,28)14-26-9-6-20(25-26)24-21(27)17(12-15-7-10-31-11-8-15)16-4-5-19(18(23)13-16)32(3,29)30/h4-6,9,13,15,17,28H,7-8,10-12,14H2,1-3H3,(H,24,25,27)/t17-/m1/s1. The van der Waals surface area contributed by atoms with Gasteiger partial charge >= 0.3 is 0 Å². The van der Waals surface area contributed by atoms with Gasteiger partial charge in [0.15, 0.2) is 15.7 Å². The minimum absolute atomic E-state index is 0.0403. The summed E-state index contributed by atoms with van der Waals surface area (Å²) < 4.78 is 30.9. The fraction of sp³-hybridized carbons (Fsp3) is 0.545. The van der Waals surface area contributed by atoms with Crippen molar-refractivity contribution >= 4 is 33.2 Å². The van der Waals surface area contributed by atoms with Crippen LogP contribution in [0.25, 0.3) is 0 Å². The summed E-state index contributed by atoms with van der Waals surface area (Å²) in [5.41, 5.74) is -0.279. The number of nitrogens with zero attached hydrogens (tertiary/aromatic N) is 2. The Hall–Kier alpha value is -1.94. The average molecular weight is 484 g/mol. The summed E-state index contributed by atoms with van der Waals surface area (Å²) in [6, 6.07) is 6.34. The molecule has 2 N–H and O–H groups in total. The molecule has 10 heteroatoms. The van der Waals surface area contributed by atoms with Crippen LogP contribution in [0.4, 0.5) is 5.82 Å². The van der Waals surface area contributed by atoms with Crippen LogP contribution >= 0.6 is 11.6 Å². The van der Waals surface area contributed by atoms with Gasteiger partial charge in [-0.25, -0.2) is 8.42 Å². The summed E-state index contributed by atoms with van der Waals surface area (Å²) in [4.78, 5) is 13.3. The molecule has 0 radical (unpaired) electrons. The van der Waals surface area contributed by atoms with Crippen LogP contribution in [0, 0.1) is 5.92 Å². The van der Waals surface area contributed by atoms with E-state index in [9.17, 15) is 18.3 Å². The number of halogens is 1. The molecule has 1 atom stereocenters. The van der Waals surface area contributed by atoms with Crippen molar-refractivity contribution in [3.8, 4) is 0 Å². The van der Waals surface area contributed by atoms with E-state index in [2.05, 4.69) is 10.4 Å². The third kappa shape index (κ3) is 6.78. The van der Waals surface area contributed by atoms with E-state index in [1.807, 2.05) is 0 Å². The van der Waals surface area contributed by atoms with E-state index in [1.54, 1.807) is 42.9 Å². The SMILES string of the molecule is CC(C)(O)Cn1ccc(NC(=O)[C@H](CC2CCOCC2)c2ccc(S(C)(=O)=O)c(Cl)c2)n1. The predicted octanol–water partition coefficient (Wildman–Crippen LogP) is 3.25. The zero-order valence-electron chi connectivity index (χ0n) is 18.5. The second-order valence-corrected chi connectivity index (χ2v) is 11.4. The number of hydrogen-bond acceptors (Lipinski definition) is 6. The highest BCUT2D eigenvalue weighted by Crippen LogP contribution is 2.33. The molecular formula is C22H30ClN3O5S. The molecule has 3 rings (SSSR count). The Morgan fingerprint density at radius 1 is 1.34 bits per heavy atom. The van der Waals surface area contributed by atoms with Crippen LogP contribution in [0.1, 0.15) is 44.6 Å². The van der Waals surface area contributed by atoms with Gasteiger partial charge in [-0.2, -0.15) is 5.10 Å². The predicted molar refractivity (Wildman–Crippen MR) is 123 cm³/mol. The van der Waals surface area contributed by atoms with Crippen molar-refractivity contribution in [2.24, 2.45) is 5.92 Å². The molecule has 0 unspecified atom stereocenters. The first kappa shape index (κ1) is 24.7. The lowest BCUT2D eigenvalue weighted by molar-refractivity contribution is -0.118.